The number of piperidine rings is 1. The zero-order valence-electron chi connectivity index (χ0n) is 17.0. The van der Waals surface area contributed by atoms with E-state index in [1.54, 1.807) is 0 Å². The van der Waals surface area contributed by atoms with Crippen LogP contribution >= 0.6 is 0 Å². The molecule has 1 amide bonds. The van der Waals surface area contributed by atoms with Crippen molar-refractivity contribution in [3.05, 3.63) is 42.5 Å². The molecule has 2 aliphatic heterocycles. The summed E-state index contributed by atoms with van der Waals surface area (Å²) in [6.45, 7) is 6.78. The van der Waals surface area contributed by atoms with Gasteiger partial charge in [0.25, 0.3) is 5.91 Å². The predicted molar refractivity (Wildman–Crippen MR) is 113 cm³/mol. The maximum Gasteiger partial charge on any atom is 0.263 e. The van der Waals surface area contributed by atoms with E-state index in [9.17, 15) is 4.79 Å². The van der Waals surface area contributed by atoms with Crippen molar-refractivity contribution in [3.8, 4) is 5.75 Å². The SMILES string of the molecule is C[C@H](Oc1ccccc1)C(=O)N1CCN(c2ccc(N3CCCCC3)nn2)CC1. The first-order chi connectivity index (χ1) is 14.2. The fourth-order valence-electron chi connectivity index (χ4n) is 3.95. The number of rotatable bonds is 5. The lowest BCUT2D eigenvalue weighted by Gasteiger charge is -2.36. The van der Waals surface area contributed by atoms with E-state index in [0.717, 1.165) is 43.6 Å². The minimum Gasteiger partial charge on any atom is -0.481 e. The van der Waals surface area contributed by atoms with Crippen LogP contribution in [0.3, 0.4) is 0 Å². The average Bonchev–Trinajstić information content (AvgIpc) is 2.80. The summed E-state index contributed by atoms with van der Waals surface area (Å²) < 4.78 is 5.78. The molecule has 7 nitrogen and oxygen atoms in total. The van der Waals surface area contributed by atoms with Crippen molar-refractivity contribution >= 4 is 17.5 Å². The summed E-state index contributed by atoms with van der Waals surface area (Å²) in [6.07, 6.45) is 3.27. The number of anilines is 2. The van der Waals surface area contributed by atoms with Crippen molar-refractivity contribution in [2.45, 2.75) is 32.3 Å². The number of piperazine rings is 1. The van der Waals surface area contributed by atoms with E-state index in [1.807, 2.05) is 42.2 Å². The van der Waals surface area contributed by atoms with E-state index in [-0.39, 0.29) is 5.91 Å². The van der Waals surface area contributed by atoms with Crippen molar-refractivity contribution in [2.75, 3.05) is 49.1 Å². The number of hydrogen-bond donors (Lipinski definition) is 0. The lowest BCUT2D eigenvalue weighted by Crippen LogP contribution is -2.52. The number of carbonyl (C=O) groups excluding carboxylic acids is 1. The molecule has 154 valence electrons. The molecule has 3 heterocycles. The molecular weight excluding hydrogens is 366 g/mol. The molecule has 0 aliphatic carbocycles. The van der Waals surface area contributed by atoms with Crippen LogP contribution in [0.25, 0.3) is 0 Å². The summed E-state index contributed by atoms with van der Waals surface area (Å²) in [5, 5.41) is 8.89. The summed E-state index contributed by atoms with van der Waals surface area (Å²) in [7, 11) is 0. The van der Waals surface area contributed by atoms with E-state index in [1.165, 1.54) is 19.3 Å². The monoisotopic (exact) mass is 395 g/mol. The molecule has 2 aliphatic rings. The number of amides is 1. The fraction of sp³-hybridized carbons (Fsp3) is 0.500. The first-order valence-electron chi connectivity index (χ1n) is 10.5. The Labute approximate surface area is 172 Å². The van der Waals surface area contributed by atoms with E-state index in [2.05, 4.69) is 32.1 Å². The first-order valence-corrected chi connectivity index (χ1v) is 10.5. The lowest BCUT2D eigenvalue weighted by molar-refractivity contribution is -0.138. The number of aromatic nitrogens is 2. The molecule has 0 saturated carbocycles. The first kappa shape index (κ1) is 19.5. The van der Waals surface area contributed by atoms with Crippen LogP contribution in [-0.4, -0.2) is 66.4 Å². The van der Waals surface area contributed by atoms with Crippen LogP contribution in [0.4, 0.5) is 11.6 Å². The number of para-hydroxylation sites is 1. The van der Waals surface area contributed by atoms with Gasteiger partial charge in [0.1, 0.15) is 5.75 Å². The Balaban J connectivity index is 1.29. The second-order valence-corrected chi connectivity index (χ2v) is 7.68. The number of carbonyl (C=O) groups is 1. The predicted octanol–water partition coefficient (Wildman–Crippen LogP) is 2.58. The summed E-state index contributed by atoms with van der Waals surface area (Å²) in [5.74, 6) is 2.59. The second-order valence-electron chi connectivity index (χ2n) is 7.68. The van der Waals surface area contributed by atoms with Crippen LogP contribution < -0.4 is 14.5 Å². The molecule has 0 radical (unpaired) electrons. The third kappa shape index (κ3) is 4.78. The third-order valence-electron chi connectivity index (χ3n) is 5.64. The molecule has 1 aromatic heterocycles. The largest absolute Gasteiger partial charge is 0.481 e. The van der Waals surface area contributed by atoms with Crippen molar-refractivity contribution in [2.24, 2.45) is 0 Å². The highest BCUT2D eigenvalue weighted by Gasteiger charge is 2.26. The average molecular weight is 396 g/mol. The van der Waals surface area contributed by atoms with Gasteiger partial charge in [-0.25, -0.2) is 0 Å². The Hall–Kier alpha value is -2.83. The molecule has 2 saturated heterocycles. The Morgan fingerprint density at radius 2 is 1.41 bits per heavy atom. The quantitative estimate of drug-likeness (QED) is 0.776. The summed E-state index contributed by atoms with van der Waals surface area (Å²) in [4.78, 5) is 19.1. The topological polar surface area (TPSA) is 61.8 Å². The normalized spacial score (nSPS) is 18.4. The minimum absolute atomic E-state index is 0.0278. The van der Waals surface area contributed by atoms with Crippen LogP contribution in [0.5, 0.6) is 5.75 Å². The van der Waals surface area contributed by atoms with Crippen LogP contribution in [0.2, 0.25) is 0 Å². The lowest BCUT2D eigenvalue weighted by atomic mass is 10.1. The van der Waals surface area contributed by atoms with Crippen LogP contribution in [0.15, 0.2) is 42.5 Å². The van der Waals surface area contributed by atoms with Gasteiger partial charge in [-0.3, -0.25) is 4.79 Å². The summed E-state index contributed by atoms with van der Waals surface area (Å²) >= 11 is 0. The number of nitrogens with zero attached hydrogens (tertiary/aromatic N) is 5. The van der Waals surface area contributed by atoms with Gasteiger partial charge in [-0.05, 0) is 50.5 Å². The van der Waals surface area contributed by atoms with Crippen LogP contribution in [0, 0.1) is 0 Å². The van der Waals surface area contributed by atoms with Crippen molar-refractivity contribution in [1.29, 1.82) is 0 Å². The smallest absolute Gasteiger partial charge is 0.263 e. The molecule has 0 N–H and O–H groups in total. The van der Waals surface area contributed by atoms with E-state index >= 15 is 0 Å². The molecule has 1 aromatic carbocycles. The van der Waals surface area contributed by atoms with E-state index in [0.29, 0.717) is 13.1 Å². The molecule has 29 heavy (non-hydrogen) atoms. The highest BCUT2D eigenvalue weighted by atomic mass is 16.5. The Morgan fingerprint density at radius 3 is 2.00 bits per heavy atom. The van der Waals surface area contributed by atoms with Gasteiger partial charge in [-0.15, -0.1) is 10.2 Å². The van der Waals surface area contributed by atoms with Crippen LogP contribution in [-0.2, 0) is 4.79 Å². The van der Waals surface area contributed by atoms with Crippen molar-refractivity contribution < 1.29 is 9.53 Å². The van der Waals surface area contributed by atoms with Gasteiger partial charge >= 0.3 is 0 Å². The second kappa shape index (κ2) is 9.11. The number of hydrogen-bond acceptors (Lipinski definition) is 6. The van der Waals surface area contributed by atoms with Gasteiger partial charge in [0.2, 0.25) is 0 Å². The highest BCUT2D eigenvalue weighted by Crippen LogP contribution is 2.20. The Morgan fingerprint density at radius 1 is 0.828 bits per heavy atom. The van der Waals surface area contributed by atoms with E-state index in [4.69, 9.17) is 4.74 Å². The molecule has 0 spiro atoms. The Bertz CT molecular complexity index is 785. The van der Waals surface area contributed by atoms with Gasteiger partial charge in [-0.1, -0.05) is 18.2 Å². The van der Waals surface area contributed by atoms with E-state index < -0.39 is 6.10 Å². The maximum atomic E-state index is 12.7. The Kier molecular flexibility index (Phi) is 6.12. The third-order valence-corrected chi connectivity index (χ3v) is 5.64. The molecule has 0 unspecified atom stereocenters. The molecule has 4 rings (SSSR count). The number of benzene rings is 1. The maximum absolute atomic E-state index is 12.7. The number of ether oxygens (including phenoxy) is 1. The van der Waals surface area contributed by atoms with Gasteiger partial charge in [0, 0.05) is 39.3 Å². The molecule has 7 heteroatoms. The molecule has 2 aromatic rings. The zero-order chi connectivity index (χ0) is 20.1. The zero-order valence-corrected chi connectivity index (χ0v) is 17.0. The minimum atomic E-state index is -0.493. The van der Waals surface area contributed by atoms with Crippen LogP contribution in [0.1, 0.15) is 26.2 Å². The van der Waals surface area contributed by atoms with Gasteiger partial charge < -0.3 is 19.4 Å². The molecule has 0 bridgehead atoms. The fourth-order valence-corrected chi connectivity index (χ4v) is 3.95. The van der Waals surface area contributed by atoms with Gasteiger partial charge in [0.15, 0.2) is 17.7 Å². The van der Waals surface area contributed by atoms with Crippen molar-refractivity contribution in [3.63, 3.8) is 0 Å². The summed E-state index contributed by atoms with van der Waals surface area (Å²) in [5.41, 5.74) is 0. The summed E-state index contributed by atoms with van der Waals surface area (Å²) in [6, 6.07) is 13.6. The van der Waals surface area contributed by atoms with Gasteiger partial charge in [-0.2, -0.15) is 0 Å². The molecule has 1 atom stereocenters. The van der Waals surface area contributed by atoms with Crippen molar-refractivity contribution in [1.82, 2.24) is 15.1 Å². The van der Waals surface area contributed by atoms with Gasteiger partial charge in [0.05, 0.1) is 0 Å². The standard InChI is InChI=1S/C22H29N5O2/c1-18(29-19-8-4-2-5-9-19)22(28)27-16-14-26(15-17-27)21-11-10-20(23-24-21)25-12-6-3-7-13-25/h2,4-5,8-11,18H,3,6-7,12-17H2,1H3/t18-/m0/s1. The highest BCUT2D eigenvalue weighted by molar-refractivity contribution is 5.81. The molecular formula is C22H29N5O2. The molecule has 2 fully saturated rings.